The highest BCUT2D eigenvalue weighted by Gasteiger charge is 2.13. The first-order valence-electron chi connectivity index (χ1n) is 6.73. The van der Waals surface area contributed by atoms with Gasteiger partial charge in [0.05, 0.1) is 18.0 Å². The van der Waals surface area contributed by atoms with Gasteiger partial charge in [-0.15, -0.1) is 5.10 Å². The highest BCUT2D eigenvalue weighted by atomic mass is 16.3. The van der Waals surface area contributed by atoms with E-state index in [4.69, 9.17) is 0 Å². The van der Waals surface area contributed by atoms with E-state index in [-0.39, 0.29) is 12.1 Å². The molecule has 0 aliphatic carbocycles. The maximum atomic E-state index is 12.3. The Bertz CT molecular complexity index is 842. The zero-order valence-electron chi connectivity index (χ0n) is 11.6. The fraction of sp³-hybridized carbons (Fsp3) is 0.188. The number of aliphatic hydroxyl groups is 1. The third-order valence-electron chi connectivity index (χ3n) is 3.52. The molecule has 0 radical (unpaired) electrons. The molecule has 0 saturated carbocycles. The minimum Gasteiger partial charge on any atom is -0.386 e. The molecule has 3 aromatic rings. The van der Waals surface area contributed by atoms with Crippen LogP contribution in [0.25, 0.3) is 10.9 Å². The summed E-state index contributed by atoms with van der Waals surface area (Å²) in [4.78, 5) is 12.3. The molecule has 0 aliphatic rings. The molecule has 1 N–H and O–H groups in total. The van der Waals surface area contributed by atoms with Crippen molar-refractivity contribution >= 4 is 10.9 Å². The fourth-order valence-corrected chi connectivity index (χ4v) is 2.37. The van der Waals surface area contributed by atoms with E-state index < -0.39 is 6.10 Å². The summed E-state index contributed by atoms with van der Waals surface area (Å²) in [6.07, 6.45) is -0.792. The van der Waals surface area contributed by atoms with E-state index in [1.165, 1.54) is 4.68 Å². The van der Waals surface area contributed by atoms with E-state index in [1.54, 1.807) is 18.2 Å². The summed E-state index contributed by atoms with van der Waals surface area (Å²) in [5.41, 5.74) is 2.09. The lowest BCUT2D eigenvalue weighted by molar-refractivity contribution is 0.147. The molecule has 0 spiro atoms. The maximum absolute atomic E-state index is 12.3. The van der Waals surface area contributed by atoms with Crippen LogP contribution < -0.4 is 5.56 Å². The lowest BCUT2D eigenvalue weighted by atomic mass is 10.0. The van der Waals surface area contributed by atoms with Crippen LogP contribution in [0.5, 0.6) is 0 Å². The van der Waals surface area contributed by atoms with E-state index in [1.807, 2.05) is 37.3 Å². The Morgan fingerprint density at radius 2 is 1.86 bits per heavy atom. The van der Waals surface area contributed by atoms with Crippen molar-refractivity contribution < 1.29 is 5.11 Å². The van der Waals surface area contributed by atoms with Gasteiger partial charge in [0.1, 0.15) is 5.52 Å². The van der Waals surface area contributed by atoms with Crippen LogP contribution in [0.2, 0.25) is 0 Å². The largest absolute Gasteiger partial charge is 0.386 e. The molecule has 0 fully saturated rings. The minimum atomic E-state index is -0.792. The molecule has 3 rings (SSSR count). The molecule has 5 nitrogen and oxygen atoms in total. The van der Waals surface area contributed by atoms with Crippen molar-refractivity contribution in [1.82, 2.24) is 15.0 Å². The molecule has 0 bridgehead atoms. The van der Waals surface area contributed by atoms with Crippen molar-refractivity contribution in [3.63, 3.8) is 0 Å². The summed E-state index contributed by atoms with van der Waals surface area (Å²) in [5.74, 6) is 0. The summed E-state index contributed by atoms with van der Waals surface area (Å²) in [6.45, 7) is 2.01. The van der Waals surface area contributed by atoms with Crippen molar-refractivity contribution in [3.05, 3.63) is 70.0 Å². The van der Waals surface area contributed by atoms with Crippen LogP contribution in [0.15, 0.2) is 53.3 Å². The third kappa shape index (κ3) is 2.55. The lowest BCUT2D eigenvalue weighted by Crippen LogP contribution is -2.27. The molecule has 21 heavy (non-hydrogen) atoms. The number of nitrogens with zero attached hydrogens (tertiary/aromatic N) is 3. The molecule has 1 aromatic heterocycles. The summed E-state index contributed by atoms with van der Waals surface area (Å²) in [5, 5.41) is 18.7. The predicted octanol–water partition coefficient (Wildman–Crippen LogP) is 1.83. The van der Waals surface area contributed by atoms with Gasteiger partial charge >= 0.3 is 0 Å². The molecule has 1 atom stereocenters. The van der Waals surface area contributed by atoms with E-state index in [9.17, 15) is 9.90 Å². The Hall–Kier alpha value is -2.53. The number of aliphatic hydroxyl groups excluding tert-OH is 1. The van der Waals surface area contributed by atoms with Crippen molar-refractivity contribution in [2.75, 3.05) is 0 Å². The van der Waals surface area contributed by atoms with Crippen LogP contribution in [-0.2, 0) is 6.54 Å². The quantitative estimate of drug-likeness (QED) is 0.795. The molecule has 0 amide bonds. The lowest BCUT2D eigenvalue weighted by Gasteiger charge is -2.14. The Balaban J connectivity index is 1.97. The summed E-state index contributed by atoms with van der Waals surface area (Å²) >= 11 is 0. The standard InChI is InChI=1S/C16H15N3O2/c1-11-6-2-3-7-12(11)15(20)10-19-16(21)13-8-4-5-9-14(13)17-18-19/h2-9,15,20H,10H2,1H3. The Kier molecular flexibility index (Phi) is 3.50. The second kappa shape index (κ2) is 5.46. The van der Waals surface area contributed by atoms with Gasteiger partial charge in [-0.25, -0.2) is 4.68 Å². The van der Waals surface area contributed by atoms with Gasteiger partial charge in [-0.3, -0.25) is 4.79 Å². The molecule has 0 aliphatic heterocycles. The first-order valence-corrected chi connectivity index (χ1v) is 6.73. The molecular weight excluding hydrogens is 266 g/mol. The zero-order chi connectivity index (χ0) is 14.8. The van der Waals surface area contributed by atoms with Gasteiger partial charge < -0.3 is 5.11 Å². The van der Waals surface area contributed by atoms with E-state index in [0.29, 0.717) is 10.9 Å². The van der Waals surface area contributed by atoms with Crippen molar-refractivity contribution in [1.29, 1.82) is 0 Å². The van der Waals surface area contributed by atoms with Gasteiger partial charge in [0.15, 0.2) is 0 Å². The topological polar surface area (TPSA) is 68.0 Å². The third-order valence-corrected chi connectivity index (χ3v) is 3.52. The molecule has 2 aromatic carbocycles. The number of fused-ring (bicyclic) bond motifs is 1. The van der Waals surface area contributed by atoms with Gasteiger partial charge in [0.25, 0.3) is 5.56 Å². The number of hydrogen-bond donors (Lipinski definition) is 1. The number of aromatic nitrogens is 3. The SMILES string of the molecule is Cc1ccccc1C(O)Cn1nnc2ccccc2c1=O. The van der Waals surface area contributed by atoms with Crippen LogP contribution in [0.1, 0.15) is 17.2 Å². The summed E-state index contributed by atoms with van der Waals surface area (Å²) < 4.78 is 1.21. The molecule has 1 heterocycles. The van der Waals surface area contributed by atoms with Crippen LogP contribution in [0, 0.1) is 6.92 Å². The summed E-state index contributed by atoms with van der Waals surface area (Å²) in [6, 6.07) is 14.6. The summed E-state index contributed by atoms with van der Waals surface area (Å²) in [7, 11) is 0. The van der Waals surface area contributed by atoms with Crippen molar-refractivity contribution in [3.8, 4) is 0 Å². The first kappa shape index (κ1) is 13.5. The molecule has 106 valence electrons. The monoisotopic (exact) mass is 281 g/mol. The van der Waals surface area contributed by atoms with Crippen molar-refractivity contribution in [2.45, 2.75) is 19.6 Å². The Morgan fingerprint density at radius 3 is 2.67 bits per heavy atom. The van der Waals surface area contributed by atoms with Gasteiger partial charge in [-0.2, -0.15) is 0 Å². The normalized spacial score (nSPS) is 12.5. The molecule has 0 saturated heterocycles. The average Bonchev–Trinajstić information content (AvgIpc) is 2.51. The highest BCUT2D eigenvalue weighted by molar-refractivity contribution is 5.76. The van der Waals surface area contributed by atoms with Crippen molar-refractivity contribution in [2.24, 2.45) is 0 Å². The minimum absolute atomic E-state index is 0.0848. The van der Waals surface area contributed by atoms with Gasteiger partial charge in [-0.05, 0) is 30.2 Å². The zero-order valence-corrected chi connectivity index (χ0v) is 11.6. The van der Waals surface area contributed by atoms with E-state index >= 15 is 0 Å². The fourth-order valence-electron chi connectivity index (χ4n) is 2.37. The Labute approximate surface area is 121 Å². The smallest absolute Gasteiger partial charge is 0.277 e. The Morgan fingerprint density at radius 1 is 1.14 bits per heavy atom. The second-order valence-corrected chi connectivity index (χ2v) is 4.97. The van der Waals surface area contributed by atoms with E-state index in [2.05, 4.69) is 10.3 Å². The van der Waals surface area contributed by atoms with Crippen LogP contribution >= 0.6 is 0 Å². The first-order chi connectivity index (χ1) is 10.2. The maximum Gasteiger partial charge on any atom is 0.277 e. The molecular formula is C16H15N3O2. The average molecular weight is 281 g/mol. The van der Waals surface area contributed by atoms with Crippen LogP contribution in [0.4, 0.5) is 0 Å². The number of benzene rings is 2. The van der Waals surface area contributed by atoms with Gasteiger partial charge in [0.2, 0.25) is 0 Å². The predicted molar refractivity (Wildman–Crippen MR) is 79.9 cm³/mol. The van der Waals surface area contributed by atoms with Gasteiger partial charge in [0, 0.05) is 0 Å². The molecule has 5 heteroatoms. The second-order valence-electron chi connectivity index (χ2n) is 4.97. The highest BCUT2D eigenvalue weighted by Crippen LogP contribution is 2.18. The number of hydrogen-bond acceptors (Lipinski definition) is 4. The van der Waals surface area contributed by atoms with Crippen LogP contribution in [-0.4, -0.2) is 20.1 Å². The number of aryl methyl sites for hydroxylation is 1. The van der Waals surface area contributed by atoms with Gasteiger partial charge in [-0.1, -0.05) is 41.6 Å². The molecule has 1 unspecified atom stereocenters. The number of rotatable bonds is 3. The van der Waals surface area contributed by atoms with Crippen LogP contribution in [0.3, 0.4) is 0 Å². The van der Waals surface area contributed by atoms with E-state index in [0.717, 1.165) is 11.1 Å².